The number of anilines is 1. The number of nitrogens with two attached hydrogens (primary N) is 1. The molecule has 9 heteroatoms. The van der Waals surface area contributed by atoms with Gasteiger partial charge in [-0.25, -0.2) is 4.52 Å². The molecule has 0 aromatic carbocycles. The van der Waals surface area contributed by atoms with Crippen LogP contribution in [0.3, 0.4) is 0 Å². The summed E-state index contributed by atoms with van der Waals surface area (Å²) < 4.78 is 12.3. The van der Waals surface area contributed by atoms with Crippen molar-refractivity contribution >= 4 is 17.2 Å². The number of carbonyl (C=O) groups excluding carboxylic acids is 1. The Morgan fingerprint density at radius 3 is 2.78 bits per heavy atom. The maximum atomic E-state index is 12.0. The molecule has 4 N–H and O–H groups in total. The van der Waals surface area contributed by atoms with Gasteiger partial charge in [0.2, 0.25) is 5.60 Å². The number of ether oxygens (including phenoxy) is 2. The molecule has 0 radical (unpaired) electrons. The molecule has 1 fully saturated rings. The average Bonchev–Trinajstić information content (AvgIpc) is 3.15. The van der Waals surface area contributed by atoms with E-state index in [0.717, 1.165) is 0 Å². The zero-order valence-electron chi connectivity index (χ0n) is 15.3. The molecule has 0 aliphatic carbocycles. The van der Waals surface area contributed by atoms with E-state index in [1.165, 1.54) is 10.7 Å². The van der Waals surface area contributed by atoms with E-state index in [1.807, 2.05) is 6.07 Å². The smallest absolute Gasteiger partial charge is 0.311 e. The third kappa shape index (κ3) is 3.02. The Bertz CT molecular complexity index is 913. The fourth-order valence-electron chi connectivity index (χ4n) is 3.01. The Morgan fingerprint density at radius 1 is 1.44 bits per heavy atom. The fraction of sp³-hybridized carbons (Fsp3) is 0.500. The summed E-state index contributed by atoms with van der Waals surface area (Å²) in [6.07, 6.45) is -2.61. The lowest BCUT2D eigenvalue weighted by Gasteiger charge is -2.24. The van der Waals surface area contributed by atoms with Crippen molar-refractivity contribution in [3.8, 4) is 6.07 Å². The number of fused-ring (bicyclic) bond motifs is 1. The molecule has 4 atom stereocenters. The van der Waals surface area contributed by atoms with Crippen LogP contribution in [-0.2, 0) is 19.9 Å². The first-order valence-corrected chi connectivity index (χ1v) is 8.47. The van der Waals surface area contributed by atoms with Gasteiger partial charge in [0.05, 0.1) is 22.3 Å². The van der Waals surface area contributed by atoms with E-state index < -0.39 is 35.3 Å². The Balaban J connectivity index is 1.93. The highest BCUT2D eigenvalue weighted by Crippen LogP contribution is 2.40. The minimum atomic E-state index is -1.88. The van der Waals surface area contributed by atoms with Gasteiger partial charge in [0, 0.05) is 6.20 Å². The lowest BCUT2D eigenvalue weighted by atomic mass is 9.92. The predicted molar refractivity (Wildman–Crippen MR) is 94.2 cm³/mol. The third-order valence-electron chi connectivity index (χ3n) is 4.58. The molecule has 1 aliphatic rings. The van der Waals surface area contributed by atoms with Crippen molar-refractivity contribution in [1.29, 1.82) is 5.26 Å². The van der Waals surface area contributed by atoms with Gasteiger partial charge in [0.1, 0.15) is 31.0 Å². The summed E-state index contributed by atoms with van der Waals surface area (Å²) in [5, 5.41) is 34.9. The van der Waals surface area contributed by atoms with Gasteiger partial charge in [-0.15, -0.1) is 0 Å². The van der Waals surface area contributed by atoms with Crippen molar-refractivity contribution < 1.29 is 24.5 Å². The normalized spacial score (nSPS) is 28.2. The molecule has 3 heterocycles. The Kier molecular flexibility index (Phi) is 4.59. The lowest BCUT2D eigenvalue weighted by Crippen LogP contribution is -2.41. The minimum absolute atomic E-state index is 0.225. The van der Waals surface area contributed by atoms with Gasteiger partial charge in [0.25, 0.3) is 0 Å². The lowest BCUT2D eigenvalue weighted by molar-refractivity contribution is -0.159. The second kappa shape index (κ2) is 6.49. The molecule has 2 aromatic heterocycles. The molecule has 27 heavy (non-hydrogen) atoms. The van der Waals surface area contributed by atoms with Crippen LogP contribution in [0.5, 0.6) is 0 Å². The van der Waals surface area contributed by atoms with Crippen molar-refractivity contribution in [2.75, 3.05) is 12.3 Å². The van der Waals surface area contributed by atoms with Crippen molar-refractivity contribution in [1.82, 2.24) is 9.61 Å². The first kappa shape index (κ1) is 19.1. The average molecular weight is 374 g/mol. The number of esters is 1. The number of nitrogen functional groups attached to an aromatic ring is 1. The van der Waals surface area contributed by atoms with Crippen LogP contribution in [0.1, 0.15) is 26.5 Å². The summed E-state index contributed by atoms with van der Waals surface area (Å²) in [6.45, 7) is 4.78. The molecule has 0 unspecified atom stereocenters. The highest BCUT2D eigenvalue weighted by molar-refractivity contribution is 5.75. The summed E-state index contributed by atoms with van der Waals surface area (Å²) in [6, 6.07) is 6.75. The van der Waals surface area contributed by atoms with Crippen LogP contribution in [0.2, 0.25) is 0 Å². The van der Waals surface area contributed by atoms with E-state index in [2.05, 4.69) is 5.10 Å². The molecule has 0 bridgehead atoms. The van der Waals surface area contributed by atoms with Gasteiger partial charge < -0.3 is 25.4 Å². The molecule has 9 nitrogen and oxygen atoms in total. The van der Waals surface area contributed by atoms with Crippen LogP contribution in [0, 0.1) is 16.7 Å². The van der Waals surface area contributed by atoms with Crippen molar-refractivity contribution in [2.45, 2.75) is 44.7 Å². The first-order valence-electron chi connectivity index (χ1n) is 8.47. The highest BCUT2D eigenvalue weighted by atomic mass is 16.6. The van der Waals surface area contributed by atoms with E-state index in [-0.39, 0.29) is 12.3 Å². The van der Waals surface area contributed by atoms with Gasteiger partial charge in [-0.3, -0.25) is 4.79 Å². The zero-order chi connectivity index (χ0) is 20.0. The molecule has 2 aromatic rings. The highest BCUT2D eigenvalue weighted by Gasteiger charge is 2.57. The number of nitrogens with zero attached hydrogens (tertiary/aromatic N) is 3. The molecule has 0 saturated carbocycles. The zero-order valence-corrected chi connectivity index (χ0v) is 15.3. The standard InChI is InChI=1S/C18H22N4O5/c1-17(2,3)16(25)26-8-12-14(23)15(24)18(9-19,27-12)13-5-4-11-10(20)6-7-21-22(11)13/h4-7,12,14-15,23-24H,8,20H2,1-3H3/t12-,14-,15-,18+/m1/s1. The molecule has 1 aliphatic heterocycles. The second-order valence-electron chi connectivity index (χ2n) is 7.59. The monoisotopic (exact) mass is 374 g/mol. The van der Waals surface area contributed by atoms with Crippen LogP contribution in [0.25, 0.3) is 5.52 Å². The van der Waals surface area contributed by atoms with Gasteiger partial charge in [-0.2, -0.15) is 10.4 Å². The van der Waals surface area contributed by atoms with Gasteiger partial charge in [-0.1, -0.05) is 0 Å². The van der Waals surface area contributed by atoms with Gasteiger partial charge in [0.15, 0.2) is 0 Å². The fourth-order valence-corrected chi connectivity index (χ4v) is 3.01. The number of hydrogen-bond donors (Lipinski definition) is 3. The number of rotatable bonds is 3. The Morgan fingerprint density at radius 2 is 2.15 bits per heavy atom. The Hall–Kier alpha value is -2.67. The van der Waals surface area contributed by atoms with E-state index >= 15 is 0 Å². The molecule has 144 valence electrons. The maximum absolute atomic E-state index is 12.0. The maximum Gasteiger partial charge on any atom is 0.311 e. The van der Waals surface area contributed by atoms with Crippen LogP contribution < -0.4 is 5.73 Å². The third-order valence-corrected chi connectivity index (χ3v) is 4.58. The van der Waals surface area contributed by atoms with Crippen LogP contribution >= 0.6 is 0 Å². The molecule has 0 spiro atoms. The first-order chi connectivity index (χ1) is 12.6. The second-order valence-corrected chi connectivity index (χ2v) is 7.59. The topological polar surface area (TPSA) is 143 Å². The quantitative estimate of drug-likeness (QED) is 0.653. The van der Waals surface area contributed by atoms with Crippen molar-refractivity contribution in [3.63, 3.8) is 0 Å². The predicted octanol–water partition coefficient (Wildman–Crippen LogP) is 0.345. The molecular weight excluding hydrogens is 352 g/mol. The van der Waals surface area contributed by atoms with Gasteiger partial charge in [-0.05, 0) is 39.0 Å². The summed E-state index contributed by atoms with van der Waals surface area (Å²) in [7, 11) is 0. The van der Waals surface area contributed by atoms with Crippen molar-refractivity contribution in [2.24, 2.45) is 5.41 Å². The van der Waals surface area contributed by atoms with E-state index in [9.17, 15) is 20.3 Å². The number of carbonyl (C=O) groups is 1. The molecule has 0 amide bonds. The van der Waals surface area contributed by atoms with Crippen molar-refractivity contribution in [3.05, 3.63) is 30.1 Å². The summed E-state index contributed by atoms with van der Waals surface area (Å²) in [5.74, 6) is -0.482. The number of aliphatic hydroxyl groups is 2. The van der Waals surface area contributed by atoms with E-state index in [0.29, 0.717) is 11.2 Å². The number of hydrogen-bond acceptors (Lipinski definition) is 8. The summed E-state index contributed by atoms with van der Waals surface area (Å²) in [4.78, 5) is 12.0. The van der Waals surface area contributed by atoms with Gasteiger partial charge >= 0.3 is 5.97 Å². The molecule has 1 saturated heterocycles. The van der Waals surface area contributed by atoms with Crippen LogP contribution in [-0.4, -0.2) is 50.7 Å². The summed E-state index contributed by atoms with van der Waals surface area (Å²) in [5.41, 5.74) is 4.50. The number of aromatic nitrogens is 2. The Labute approximate surface area is 155 Å². The molecule has 3 rings (SSSR count). The van der Waals surface area contributed by atoms with Crippen LogP contribution in [0.15, 0.2) is 24.4 Å². The minimum Gasteiger partial charge on any atom is -0.462 e. The summed E-state index contributed by atoms with van der Waals surface area (Å²) >= 11 is 0. The largest absolute Gasteiger partial charge is 0.462 e. The number of aliphatic hydroxyl groups excluding tert-OH is 2. The van der Waals surface area contributed by atoms with E-state index in [1.54, 1.807) is 39.0 Å². The molecular formula is C18H22N4O5. The van der Waals surface area contributed by atoms with Crippen LogP contribution in [0.4, 0.5) is 5.69 Å². The SMILES string of the molecule is CC(C)(C)C(=O)OC[C@H]1O[C@@](C#N)(c2ccc3c(N)ccnn23)[C@H](O)[C@@H]1O. The number of nitriles is 1. The van der Waals surface area contributed by atoms with E-state index in [4.69, 9.17) is 15.2 Å².